The van der Waals surface area contributed by atoms with Crippen LogP contribution in [0.15, 0.2) is 0 Å². The molecule has 0 aliphatic carbocycles. The lowest BCUT2D eigenvalue weighted by Gasteiger charge is -2.18. The van der Waals surface area contributed by atoms with Crippen molar-refractivity contribution in [1.29, 1.82) is 0 Å². The molecule has 0 bridgehead atoms. The van der Waals surface area contributed by atoms with E-state index in [4.69, 9.17) is 0 Å². The molecule has 2 amide bonds. The summed E-state index contributed by atoms with van der Waals surface area (Å²) in [5, 5.41) is 3.11. The summed E-state index contributed by atoms with van der Waals surface area (Å²) in [4.78, 5) is 21.7. The molecule has 0 aromatic heterocycles. The maximum absolute atomic E-state index is 12.7. The largest absolute Gasteiger partial charge is 0.463 e. The van der Waals surface area contributed by atoms with E-state index in [1.807, 2.05) is 0 Å². The van der Waals surface area contributed by atoms with Gasteiger partial charge in [-0.1, -0.05) is 51.4 Å². The Balaban J connectivity index is 3.60. The van der Waals surface area contributed by atoms with Crippen molar-refractivity contribution in [2.24, 2.45) is 0 Å². The number of nitrogens with one attached hydrogen (secondary N) is 2. The lowest BCUT2D eigenvalue weighted by atomic mass is 10.1. The molecule has 0 aliphatic rings. The van der Waals surface area contributed by atoms with Gasteiger partial charge in [-0.2, -0.15) is 43.9 Å². The highest BCUT2D eigenvalue weighted by atomic mass is 19.4. The molecule has 0 rings (SSSR count). The summed E-state index contributed by atoms with van der Waals surface area (Å²) in [6.07, 6.45) is -5.78. The maximum atomic E-state index is 12.7. The molecule has 0 aliphatic heterocycles. The van der Waals surface area contributed by atoms with E-state index in [0.29, 0.717) is 25.7 Å². The standard InChI is InChI=1S/C18H26F10N2O2/c19-15(20,17(23,24)25)13(31)29-11-9-7-5-3-1-2-4-6-8-10-12-30-14(32)16(21,22)18(26,27)28/h1-12H2,(H,29,31)(H,30,32). The maximum Gasteiger partial charge on any atom is 0.463 e. The highest BCUT2D eigenvalue weighted by Crippen LogP contribution is 2.36. The molecule has 0 aromatic carbocycles. The zero-order valence-corrected chi connectivity index (χ0v) is 17.1. The van der Waals surface area contributed by atoms with Gasteiger partial charge in [0.15, 0.2) is 0 Å². The minimum absolute atomic E-state index is 0.249. The molecular formula is C18H26F10N2O2. The van der Waals surface area contributed by atoms with E-state index in [2.05, 4.69) is 0 Å². The summed E-state index contributed by atoms with van der Waals surface area (Å²) in [5.41, 5.74) is 0. The Hall–Kier alpha value is -1.76. The minimum Gasteiger partial charge on any atom is -0.351 e. The Morgan fingerprint density at radius 1 is 0.438 bits per heavy atom. The molecule has 0 atom stereocenters. The Morgan fingerprint density at radius 3 is 0.875 bits per heavy atom. The number of hydrogen-bond acceptors (Lipinski definition) is 2. The number of amides is 2. The quantitative estimate of drug-likeness (QED) is 0.234. The number of hydrogen-bond donors (Lipinski definition) is 2. The number of rotatable bonds is 15. The van der Waals surface area contributed by atoms with Gasteiger partial charge < -0.3 is 10.6 Å². The highest BCUT2D eigenvalue weighted by Gasteiger charge is 2.64. The summed E-state index contributed by atoms with van der Waals surface area (Å²) >= 11 is 0. The number of alkyl halides is 10. The van der Waals surface area contributed by atoms with Crippen LogP contribution in [0.3, 0.4) is 0 Å². The van der Waals surface area contributed by atoms with Crippen molar-refractivity contribution < 1.29 is 53.5 Å². The fourth-order valence-corrected chi connectivity index (χ4v) is 2.55. The zero-order valence-electron chi connectivity index (χ0n) is 17.1. The predicted molar refractivity (Wildman–Crippen MR) is 94.2 cm³/mol. The molecule has 0 radical (unpaired) electrons. The monoisotopic (exact) mass is 492 g/mol. The van der Waals surface area contributed by atoms with E-state index in [-0.39, 0.29) is 25.9 Å². The zero-order chi connectivity index (χ0) is 25.1. The normalized spacial score (nSPS) is 13.2. The first kappa shape index (κ1) is 30.2. The Bertz CT molecular complexity index is 527. The van der Waals surface area contributed by atoms with Gasteiger partial charge in [0, 0.05) is 13.1 Å². The third-order valence-corrected chi connectivity index (χ3v) is 4.46. The summed E-state index contributed by atoms with van der Waals surface area (Å²) in [5.74, 6) is -15.6. The van der Waals surface area contributed by atoms with Crippen molar-refractivity contribution in [2.75, 3.05) is 13.1 Å². The van der Waals surface area contributed by atoms with Gasteiger partial charge in [0.25, 0.3) is 11.8 Å². The molecule has 0 heterocycles. The highest BCUT2D eigenvalue weighted by molar-refractivity contribution is 5.84. The molecule has 190 valence electrons. The van der Waals surface area contributed by atoms with E-state index >= 15 is 0 Å². The fraction of sp³-hybridized carbons (Fsp3) is 0.889. The summed E-state index contributed by atoms with van der Waals surface area (Å²) < 4.78 is 122. The first-order valence-corrected chi connectivity index (χ1v) is 10.0. The molecular weight excluding hydrogens is 466 g/mol. The van der Waals surface area contributed by atoms with Crippen LogP contribution in [-0.2, 0) is 9.59 Å². The Morgan fingerprint density at radius 2 is 0.656 bits per heavy atom. The van der Waals surface area contributed by atoms with Crippen LogP contribution in [0.5, 0.6) is 0 Å². The second-order valence-electron chi connectivity index (χ2n) is 7.19. The van der Waals surface area contributed by atoms with E-state index in [9.17, 15) is 53.5 Å². The number of carbonyl (C=O) groups excluding carboxylic acids is 2. The molecule has 2 N–H and O–H groups in total. The molecule has 0 fully saturated rings. The van der Waals surface area contributed by atoms with Crippen molar-refractivity contribution in [1.82, 2.24) is 10.6 Å². The van der Waals surface area contributed by atoms with Crippen molar-refractivity contribution in [3.63, 3.8) is 0 Å². The third-order valence-electron chi connectivity index (χ3n) is 4.46. The lowest BCUT2D eigenvalue weighted by molar-refractivity contribution is -0.270. The van der Waals surface area contributed by atoms with Crippen LogP contribution in [0.1, 0.15) is 64.2 Å². The van der Waals surface area contributed by atoms with E-state index in [1.165, 1.54) is 0 Å². The number of halogens is 10. The SMILES string of the molecule is O=C(NCCCCCCCCCCCCNC(=O)C(F)(F)C(F)(F)F)C(F)(F)C(F)(F)F. The van der Waals surface area contributed by atoms with E-state index in [1.54, 1.807) is 10.6 Å². The van der Waals surface area contributed by atoms with Crippen LogP contribution in [0.4, 0.5) is 43.9 Å². The first-order valence-electron chi connectivity index (χ1n) is 10.0. The van der Waals surface area contributed by atoms with E-state index < -0.39 is 36.0 Å². The Labute approximate surface area is 178 Å². The van der Waals surface area contributed by atoms with Gasteiger partial charge in [0.2, 0.25) is 0 Å². The molecule has 0 saturated carbocycles. The van der Waals surface area contributed by atoms with Crippen molar-refractivity contribution in [2.45, 2.75) is 88.4 Å². The van der Waals surface area contributed by atoms with Gasteiger partial charge in [-0.25, -0.2) is 0 Å². The minimum atomic E-state index is -5.94. The third kappa shape index (κ3) is 10.2. The summed E-state index contributed by atoms with van der Waals surface area (Å²) in [7, 11) is 0. The second kappa shape index (κ2) is 13.1. The molecule has 0 unspecified atom stereocenters. The van der Waals surface area contributed by atoms with Crippen LogP contribution >= 0.6 is 0 Å². The molecule has 4 nitrogen and oxygen atoms in total. The van der Waals surface area contributed by atoms with Crippen molar-refractivity contribution in [3.8, 4) is 0 Å². The van der Waals surface area contributed by atoms with Gasteiger partial charge in [-0.05, 0) is 12.8 Å². The molecule has 0 saturated heterocycles. The van der Waals surface area contributed by atoms with Gasteiger partial charge >= 0.3 is 24.2 Å². The topological polar surface area (TPSA) is 58.2 Å². The van der Waals surface area contributed by atoms with Gasteiger partial charge in [-0.15, -0.1) is 0 Å². The predicted octanol–water partition coefficient (Wildman–Crippen LogP) is 5.52. The second-order valence-corrected chi connectivity index (χ2v) is 7.19. The van der Waals surface area contributed by atoms with Crippen LogP contribution in [0.2, 0.25) is 0 Å². The lowest BCUT2D eigenvalue weighted by Crippen LogP contribution is -2.50. The molecule has 14 heteroatoms. The average Bonchev–Trinajstić information content (AvgIpc) is 2.65. The first-order chi connectivity index (χ1) is 14.5. The Kier molecular flexibility index (Phi) is 12.4. The van der Waals surface area contributed by atoms with Crippen LogP contribution in [0, 0.1) is 0 Å². The van der Waals surface area contributed by atoms with Gasteiger partial charge in [0.05, 0.1) is 0 Å². The summed E-state index contributed by atoms with van der Waals surface area (Å²) in [6.45, 7) is -0.591. The van der Waals surface area contributed by atoms with Gasteiger partial charge in [0.1, 0.15) is 0 Å². The molecule has 0 spiro atoms. The molecule has 0 aromatic rings. The van der Waals surface area contributed by atoms with Crippen LogP contribution in [0.25, 0.3) is 0 Å². The summed E-state index contributed by atoms with van der Waals surface area (Å²) in [6, 6.07) is 0. The number of carbonyl (C=O) groups is 2. The smallest absolute Gasteiger partial charge is 0.351 e. The van der Waals surface area contributed by atoms with Crippen LogP contribution in [-0.4, -0.2) is 49.1 Å². The van der Waals surface area contributed by atoms with Gasteiger partial charge in [-0.3, -0.25) is 9.59 Å². The van der Waals surface area contributed by atoms with Crippen molar-refractivity contribution >= 4 is 11.8 Å². The van der Waals surface area contributed by atoms with Crippen LogP contribution < -0.4 is 10.6 Å². The number of unbranched alkanes of at least 4 members (excludes halogenated alkanes) is 9. The average molecular weight is 492 g/mol. The molecule has 32 heavy (non-hydrogen) atoms. The van der Waals surface area contributed by atoms with Crippen molar-refractivity contribution in [3.05, 3.63) is 0 Å². The van der Waals surface area contributed by atoms with E-state index in [0.717, 1.165) is 25.7 Å². The fourth-order valence-electron chi connectivity index (χ4n) is 2.55.